The third-order valence-electron chi connectivity index (χ3n) is 4.14. The molecule has 0 spiro atoms. The summed E-state index contributed by atoms with van der Waals surface area (Å²) in [6.45, 7) is -0.0500. The van der Waals surface area contributed by atoms with E-state index in [9.17, 15) is 22.8 Å². The lowest BCUT2D eigenvalue weighted by molar-refractivity contribution is -0.149. The second-order valence-electron chi connectivity index (χ2n) is 5.75. The van der Waals surface area contributed by atoms with Crippen LogP contribution in [-0.4, -0.2) is 17.0 Å². The number of hydrogen-bond acceptors (Lipinski definition) is 2. The van der Waals surface area contributed by atoms with E-state index in [1.54, 1.807) is 0 Å². The van der Waals surface area contributed by atoms with Gasteiger partial charge < -0.3 is 10.4 Å². The number of benzene rings is 1. The van der Waals surface area contributed by atoms with Gasteiger partial charge in [0.1, 0.15) is 0 Å². The molecule has 23 heavy (non-hydrogen) atoms. The van der Waals surface area contributed by atoms with Crippen LogP contribution >= 0.6 is 0 Å². The Labute approximate surface area is 131 Å². The molecule has 0 saturated heterocycles. The van der Waals surface area contributed by atoms with E-state index in [-0.39, 0.29) is 6.54 Å². The zero-order chi connectivity index (χ0) is 17.0. The van der Waals surface area contributed by atoms with Gasteiger partial charge in [-0.1, -0.05) is 25.0 Å². The van der Waals surface area contributed by atoms with E-state index in [0.717, 1.165) is 25.0 Å². The maximum Gasteiger partial charge on any atom is 0.416 e. The number of amides is 1. The molecule has 1 aromatic carbocycles. The van der Waals surface area contributed by atoms with Crippen LogP contribution < -0.4 is 5.32 Å². The topological polar surface area (TPSA) is 66.4 Å². The van der Waals surface area contributed by atoms with Crippen molar-refractivity contribution < 1.29 is 27.9 Å². The summed E-state index contributed by atoms with van der Waals surface area (Å²) < 4.78 is 37.9. The van der Waals surface area contributed by atoms with E-state index in [2.05, 4.69) is 5.32 Å². The minimum Gasteiger partial charge on any atom is -0.481 e. The van der Waals surface area contributed by atoms with Crippen molar-refractivity contribution in [3.05, 3.63) is 35.4 Å². The number of carboxylic acids is 1. The molecule has 1 amide bonds. The molecular weight excluding hydrogens is 311 g/mol. The molecular formula is C16H18F3NO3. The maximum absolute atomic E-state index is 12.6. The Balaban J connectivity index is 2.00. The number of alkyl halides is 3. The van der Waals surface area contributed by atoms with Crippen molar-refractivity contribution in [3.63, 3.8) is 0 Å². The quantitative estimate of drug-likeness (QED) is 0.891. The fourth-order valence-electron chi connectivity index (χ4n) is 2.92. The number of carbonyl (C=O) groups excluding carboxylic acids is 1. The first-order chi connectivity index (χ1) is 10.8. The predicted molar refractivity (Wildman–Crippen MR) is 76.4 cm³/mol. The Morgan fingerprint density at radius 2 is 1.83 bits per heavy atom. The van der Waals surface area contributed by atoms with Crippen molar-refractivity contribution >= 4 is 11.9 Å². The highest BCUT2D eigenvalue weighted by Crippen LogP contribution is 2.31. The van der Waals surface area contributed by atoms with Crippen LogP contribution in [0.15, 0.2) is 24.3 Å². The zero-order valence-electron chi connectivity index (χ0n) is 12.4. The van der Waals surface area contributed by atoms with Gasteiger partial charge in [0.2, 0.25) is 5.91 Å². The first kappa shape index (κ1) is 17.3. The highest BCUT2D eigenvalue weighted by atomic mass is 19.4. The zero-order valence-corrected chi connectivity index (χ0v) is 12.4. The summed E-state index contributed by atoms with van der Waals surface area (Å²) in [7, 11) is 0. The van der Waals surface area contributed by atoms with Crippen LogP contribution in [0.4, 0.5) is 13.2 Å². The molecule has 0 heterocycles. The molecule has 2 N–H and O–H groups in total. The minimum atomic E-state index is -4.43. The van der Waals surface area contributed by atoms with E-state index < -0.39 is 35.5 Å². The first-order valence-electron chi connectivity index (χ1n) is 7.45. The minimum absolute atomic E-state index is 0.0500. The van der Waals surface area contributed by atoms with E-state index in [4.69, 9.17) is 5.11 Å². The first-order valence-corrected chi connectivity index (χ1v) is 7.45. The number of carboxylic acid groups (broad SMARTS) is 1. The highest BCUT2D eigenvalue weighted by molar-refractivity contribution is 5.84. The number of rotatable bonds is 4. The van der Waals surface area contributed by atoms with E-state index in [0.29, 0.717) is 18.4 Å². The lowest BCUT2D eigenvalue weighted by Gasteiger charge is -2.27. The van der Waals surface area contributed by atoms with Crippen molar-refractivity contribution in [2.75, 3.05) is 0 Å². The van der Waals surface area contributed by atoms with Gasteiger partial charge in [0, 0.05) is 6.54 Å². The van der Waals surface area contributed by atoms with Gasteiger partial charge in [-0.05, 0) is 30.5 Å². The Morgan fingerprint density at radius 1 is 1.17 bits per heavy atom. The molecule has 1 fully saturated rings. The van der Waals surface area contributed by atoms with Crippen LogP contribution in [0.2, 0.25) is 0 Å². The molecule has 1 saturated carbocycles. The number of aliphatic carboxylic acids is 1. The molecule has 1 aliphatic rings. The summed E-state index contributed by atoms with van der Waals surface area (Å²) in [6, 6.07) is 4.72. The average Bonchev–Trinajstić information content (AvgIpc) is 2.52. The van der Waals surface area contributed by atoms with Crippen LogP contribution in [0, 0.1) is 11.8 Å². The number of carbonyl (C=O) groups is 2. The fraction of sp³-hybridized carbons (Fsp3) is 0.500. The van der Waals surface area contributed by atoms with Crippen molar-refractivity contribution in [1.82, 2.24) is 5.32 Å². The molecule has 0 bridgehead atoms. The van der Waals surface area contributed by atoms with Gasteiger partial charge >= 0.3 is 12.1 Å². The molecule has 1 aliphatic carbocycles. The maximum atomic E-state index is 12.6. The van der Waals surface area contributed by atoms with Gasteiger partial charge in [-0.15, -0.1) is 0 Å². The van der Waals surface area contributed by atoms with Gasteiger partial charge in [0.25, 0.3) is 0 Å². The van der Waals surface area contributed by atoms with Crippen molar-refractivity contribution in [2.24, 2.45) is 11.8 Å². The summed E-state index contributed by atoms with van der Waals surface area (Å²) in [4.78, 5) is 23.4. The molecule has 0 aliphatic heterocycles. The summed E-state index contributed by atoms with van der Waals surface area (Å²) >= 11 is 0. The average molecular weight is 329 g/mol. The Morgan fingerprint density at radius 3 is 2.43 bits per heavy atom. The molecule has 126 valence electrons. The molecule has 4 nitrogen and oxygen atoms in total. The number of nitrogens with one attached hydrogen (secondary N) is 1. The Hall–Kier alpha value is -2.05. The second-order valence-corrected chi connectivity index (χ2v) is 5.75. The largest absolute Gasteiger partial charge is 0.481 e. The molecule has 0 aromatic heterocycles. The smallest absolute Gasteiger partial charge is 0.416 e. The Bertz CT molecular complexity index is 586. The monoisotopic (exact) mass is 329 g/mol. The lowest BCUT2D eigenvalue weighted by Crippen LogP contribution is -2.39. The summed E-state index contributed by atoms with van der Waals surface area (Å²) in [6.07, 6.45) is -1.93. The summed E-state index contributed by atoms with van der Waals surface area (Å²) in [5.41, 5.74) is -0.443. The van der Waals surface area contributed by atoms with Crippen LogP contribution in [-0.2, 0) is 22.3 Å². The van der Waals surface area contributed by atoms with Crippen LogP contribution in [0.1, 0.15) is 36.8 Å². The molecule has 2 rings (SSSR count). The second kappa shape index (κ2) is 7.02. The van der Waals surface area contributed by atoms with Crippen molar-refractivity contribution in [1.29, 1.82) is 0 Å². The number of hydrogen-bond donors (Lipinski definition) is 2. The fourth-order valence-corrected chi connectivity index (χ4v) is 2.92. The van der Waals surface area contributed by atoms with Gasteiger partial charge in [0.15, 0.2) is 0 Å². The molecule has 2 atom stereocenters. The molecule has 0 radical (unpaired) electrons. The van der Waals surface area contributed by atoms with E-state index >= 15 is 0 Å². The van der Waals surface area contributed by atoms with Crippen LogP contribution in [0.25, 0.3) is 0 Å². The summed E-state index contributed by atoms with van der Waals surface area (Å²) in [5, 5.41) is 11.7. The lowest BCUT2D eigenvalue weighted by atomic mass is 9.78. The number of halogens is 3. The van der Waals surface area contributed by atoms with E-state index in [1.807, 2.05) is 0 Å². The normalized spacial score (nSPS) is 21.7. The Kier molecular flexibility index (Phi) is 5.28. The van der Waals surface area contributed by atoms with Crippen LogP contribution in [0.5, 0.6) is 0 Å². The van der Waals surface area contributed by atoms with Gasteiger partial charge in [-0.3, -0.25) is 9.59 Å². The van der Waals surface area contributed by atoms with E-state index in [1.165, 1.54) is 12.1 Å². The molecule has 0 unspecified atom stereocenters. The van der Waals surface area contributed by atoms with Crippen LogP contribution in [0.3, 0.4) is 0 Å². The molecule has 1 aromatic rings. The molecule has 7 heteroatoms. The van der Waals surface area contributed by atoms with Crippen molar-refractivity contribution in [3.8, 4) is 0 Å². The summed E-state index contributed by atoms with van der Waals surface area (Å²) in [5.74, 6) is -2.74. The third kappa shape index (κ3) is 4.46. The van der Waals surface area contributed by atoms with Crippen molar-refractivity contribution in [2.45, 2.75) is 38.4 Å². The standard InChI is InChI=1S/C16H18F3NO3/c17-16(18,19)11-5-3-4-10(8-11)9-20-14(21)12-6-1-2-7-13(12)15(22)23/h3-5,8,12-13H,1-2,6-7,9H2,(H,20,21)(H,22,23)/t12-,13+/m0/s1. The predicted octanol–water partition coefficient (Wildman–Crippen LogP) is 3.21. The highest BCUT2D eigenvalue weighted by Gasteiger charge is 2.35. The third-order valence-corrected chi connectivity index (χ3v) is 4.14. The van der Waals surface area contributed by atoms with Gasteiger partial charge in [0.05, 0.1) is 17.4 Å². The van der Waals surface area contributed by atoms with Gasteiger partial charge in [-0.25, -0.2) is 0 Å². The van der Waals surface area contributed by atoms with Gasteiger partial charge in [-0.2, -0.15) is 13.2 Å². The SMILES string of the molecule is O=C(NCc1cccc(C(F)(F)F)c1)[C@H]1CCCC[C@H]1C(=O)O.